The number of nitrogens with one attached hydrogen (secondary N) is 1. The summed E-state index contributed by atoms with van der Waals surface area (Å²) in [4.78, 5) is 24.9. The molecule has 9 heteroatoms. The van der Waals surface area contributed by atoms with Crippen molar-refractivity contribution in [2.45, 2.75) is 31.6 Å². The standard InChI is InChI=1S/C27H25F3N2O4/c28-22-9-7-21(16-24(22)30)36-20-5-1-17(2-6-20)3-10-26(33)31-25-15-19(4-8-23(25)29)18-11-13-32(14-12-18)27(34)35/h1-2,4-9,15-16,18H,3,10-14H2,(H,31,33)(H,34,35). The largest absolute Gasteiger partial charge is 0.465 e. The number of nitrogens with zero attached hydrogens (tertiary/aromatic N) is 1. The molecule has 2 N–H and O–H groups in total. The fraction of sp³-hybridized carbons (Fsp3) is 0.259. The molecule has 1 aliphatic heterocycles. The average molecular weight is 499 g/mol. The lowest BCUT2D eigenvalue weighted by Gasteiger charge is -2.30. The highest BCUT2D eigenvalue weighted by Crippen LogP contribution is 2.31. The van der Waals surface area contributed by atoms with E-state index in [1.807, 2.05) is 0 Å². The minimum atomic E-state index is -0.999. The predicted molar refractivity (Wildman–Crippen MR) is 128 cm³/mol. The Morgan fingerprint density at radius 3 is 2.22 bits per heavy atom. The monoisotopic (exact) mass is 498 g/mol. The van der Waals surface area contributed by atoms with Gasteiger partial charge >= 0.3 is 6.09 Å². The molecule has 1 heterocycles. The van der Waals surface area contributed by atoms with Crippen molar-refractivity contribution in [3.05, 3.63) is 89.2 Å². The van der Waals surface area contributed by atoms with Gasteiger partial charge in [0.15, 0.2) is 11.6 Å². The van der Waals surface area contributed by atoms with E-state index in [0.717, 1.165) is 23.3 Å². The highest BCUT2D eigenvalue weighted by atomic mass is 19.2. The van der Waals surface area contributed by atoms with E-state index >= 15 is 0 Å². The smallest absolute Gasteiger partial charge is 0.407 e. The first-order valence-electron chi connectivity index (χ1n) is 11.6. The van der Waals surface area contributed by atoms with Crippen molar-refractivity contribution in [1.29, 1.82) is 0 Å². The maximum atomic E-state index is 14.3. The van der Waals surface area contributed by atoms with Gasteiger partial charge in [-0.15, -0.1) is 0 Å². The number of aryl methyl sites for hydroxylation is 1. The van der Waals surface area contributed by atoms with Crippen LogP contribution in [0.15, 0.2) is 60.7 Å². The first kappa shape index (κ1) is 25.1. The maximum Gasteiger partial charge on any atom is 0.407 e. The van der Waals surface area contributed by atoms with Crippen molar-refractivity contribution in [1.82, 2.24) is 4.90 Å². The zero-order chi connectivity index (χ0) is 25.7. The lowest BCUT2D eigenvalue weighted by molar-refractivity contribution is -0.116. The van der Waals surface area contributed by atoms with Gasteiger partial charge < -0.3 is 20.1 Å². The van der Waals surface area contributed by atoms with Crippen molar-refractivity contribution < 1.29 is 32.6 Å². The normalized spacial score (nSPS) is 13.9. The average Bonchev–Trinajstić information content (AvgIpc) is 2.87. The van der Waals surface area contributed by atoms with Crippen LogP contribution >= 0.6 is 0 Å². The fourth-order valence-corrected chi connectivity index (χ4v) is 4.17. The van der Waals surface area contributed by atoms with E-state index in [1.165, 1.54) is 17.0 Å². The van der Waals surface area contributed by atoms with Crippen LogP contribution in [-0.2, 0) is 11.2 Å². The van der Waals surface area contributed by atoms with Crippen LogP contribution in [0.1, 0.15) is 36.3 Å². The molecule has 0 aromatic heterocycles. The number of piperidine rings is 1. The van der Waals surface area contributed by atoms with Gasteiger partial charge in [-0.25, -0.2) is 18.0 Å². The topological polar surface area (TPSA) is 78.9 Å². The van der Waals surface area contributed by atoms with Gasteiger partial charge in [-0.3, -0.25) is 4.79 Å². The second-order valence-electron chi connectivity index (χ2n) is 8.65. The number of amides is 2. The zero-order valence-corrected chi connectivity index (χ0v) is 19.3. The molecule has 4 rings (SSSR count). The van der Waals surface area contributed by atoms with Gasteiger partial charge in [-0.2, -0.15) is 0 Å². The number of hydrogen-bond donors (Lipinski definition) is 2. The second-order valence-corrected chi connectivity index (χ2v) is 8.65. The molecule has 1 saturated heterocycles. The van der Waals surface area contributed by atoms with Gasteiger partial charge in [0.2, 0.25) is 5.91 Å². The van der Waals surface area contributed by atoms with E-state index < -0.39 is 23.5 Å². The summed E-state index contributed by atoms with van der Waals surface area (Å²) in [5, 5.41) is 11.7. The summed E-state index contributed by atoms with van der Waals surface area (Å²) in [6.45, 7) is 0.841. The lowest BCUT2D eigenvalue weighted by Crippen LogP contribution is -2.36. The summed E-state index contributed by atoms with van der Waals surface area (Å²) in [6.07, 6.45) is 0.879. The predicted octanol–water partition coefficient (Wildman–Crippen LogP) is 6.32. The highest BCUT2D eigenvalue weighted by molar-refractivity contribution is 5.91. The van der Waals surface area contributed by atoms with E-state index in [1.54, 1.807) is 36.4 Å². The molecule has 6 nitrogen and oxygen atoms in total. The van der Waals surface area contributed by atoms with Crippen molar-refractivity contribution >= 4 is 17.7 Å². The molecular weight excluding hydrogens is 473 g/mol. The van der Waals surface area contributed by atoms with E-state index in [0.29, 0.717) is 38.1 Å². The molecule has 0 bridgehead atoms. The maximum absolute atomic E-state index is 14.3. The van der Waals surface area contributed by atoms with Crippen molar-refractivity contribution in [2.75, 3.05) is 18.4 Å². The third-order valence-electron chi connectivity index (χ3n) is 6.19. The molecule has 0 aliphatic carbocycles. The molecule has 36 heavy (non-hydrogen) atoms. The van der Waals surface area contributed by atoms with Crippen molar-refractivity contribution in [3.63, 3.8) is 0 Å². The van der Waals surface area contributed by atoms with Gasteiger partial charge in [0.25, 0.3) is 0 Å². The van der Waals surface area contributed by atoms with Crippen molar-refractivity contribution in [3.8, 4) is 11.5 Å². The van der Waals surface area contributed by atoms with Crippen molar-refractivity contribution in [2.24, 2.45) is 0 Å². The molecule has 0 atom stereocenters. The summed E-state index contributed by atoms with van der Waals surface area (Å²) in [6, 6.07) is 14.7. The van der Waals surface area contributed by atoms with Gasteiger partial charge in [-0.1, -0.05) is 18.2 Å². The van der Waals surface area contributed by atoms with Gasteiger partial charge in [-0.05, 0) is 72.7 Å². The number of hydrogen-bond acceptors (Lipinski definition) is 3. The van der Waals surface area contributed by atoms with Crippen LogP contribution < -0.4 is 10.1 Å². The summed E-state index contributed by atoms with van der Waals surface area (Å²) in [7, 11) is 0. The molecule has 0 radical (unpaired) electrons. The third-order valence-corrected chi connectivity index (χ3v) is 6.19. The van der Waals surface area contributed by atoms with Gasteiger partial charge in [0, 0.05) is 25.6 Å². The summed E-state index contributed by atoms with van der Waals surface area (Å²) < 4.78 is 46.2. The molecule has 0 saturated carbocycles. The molecule has 3 aromatic rings. The Morgan fingerprint density at radius 1 is 0.889 bits per heavy atom. The Hall–Kier alpha value is -4.01. The minimum Gasteiger partial charge on any atom is -0.465 e. The highest BCUT2D eigenvalue weighted by Gasteiger charge is 2.24. The number of rotatable bonds is 7. The summed E-state index contributed by atoms with van der Waals surface area (Å²) in [5.41, 5.74) is 1.82. The second kappa shape index (κ2) is 11.2. The first-order valence-corrected chi connectivity index (χ1v) is 11.6. The molecular formula is C27H25F3N2O4. The molecule has 1 aliphatic rings. The minimum absolute atomic E-state index is 0.101. The van der Waals surface area contributed by atoms with Crippen LogP contribution in [0.5, 0.6) is 11.5 Å². The number of carbonyl (C=O) groups excluding carboxylic acids is 1. The van der Waals surface area contributed by atoms with Crippen LogP contribution in [-0.4, -0.2) is 35.1 Å². The number of halogens is 3. The van der Waals surface area contributed by atoms with Crippen LogP contribution in [0.4, 0.5) is 23.7 Å². The van der Waals surface area contributed by atoms with Crippen LogP contribution in [0.2, 0.25) is 0 Å². The lowest BCUT2D eigenvalue weighted by atomic mass is 9.89. The summed E-state index contributed by atoms with van der Waals surface area (Å²) >= 11 is 0. The Morgan fingerprint density at radius 2 is 1.56 bits per heavy atom. The Bertz CT molecular complexity index is 1240. The number of anilines is 1. The summed E-state index contributed by atoms with van der Waals surface area (Å²) in [5.74, 6) is -2.13. The van der Waals surface area contributed by atoms with Crippen LogP contribution in [0.3, 0.4) is 0 Å². The Labute approximate surface area is 206 Å². The Kier molecular flexibility index (Phi) is 7.77. The van der Waals surface area contributed by atoms with Gasteiger partial charge in [0.05, 0.1) is 5.69 Å². The zero-order valence-electron chi connectivity index (χ0n) is 19.3. The number of benzene rings is 3. The van der Waals surface area contributed by atoms with Gasteiger partial charge in [0.1, 0.15) is 17.3 Å². The quantitative estimate of drug-likeness (QED) is 0.399. The third kappa shape index (κ3) is 6.35. The molecule has 3 aromatic carbocycles. The number of likely N-dealkylation sites (tertiary alicyclic amines) is 1. The van der Waals surface area contributed by atoms with E-state index in [4.69, 9.17) is 9.84 Å². The molecule has 0 spiro atoms. The first-order chi connectivity index (χ1) is 17.3. The Balaban J connectivity index is 1.30. The fourth-order valence-electron chi connectivity index (χ4n) is 4.17. The van der Waals surface area contributed by atoms with E-state index in [9.17, 15) is 22.8 Å². The van der Waals surface area contributed by atoms with Crippen LogP contribution in [0, 0.1) is 17.5 Å². The van der Waals surface area contributed by atoms with E-state index in [-0.39, 0.29) is 29.7 Å². The van der Waals surface area contributed by atoms with E-state index in [2.05, 4.69) is 5.32 Å². The SMILES string of the molecule is O=C(CCc1ccc(Oc2ccc(F)c(F)c2)cc1)Nc1cc(C2CCN(C(=O)O)CC2)ccc1F. The molecule has 1 fully saturated rings. The molecule has 2 amide bonds. The number of ether oxygens (including phenoxy) is 1. The van der Waals surface area contributed by atoms with Crippen LogP contribution in [0.25, 0.3) is 0 Å². The number of carboxylic acid groups (broad SMARTS) is 1. The molecule has 0 unspecified atom stereocenters. The number of carbonyl (C=O) groups is 2. The molecule has 188 valence electrons.